The molecule has 1 aromatic heterocycles. The molecular weight excluding hydrogens is 223 g/mol. The molecule has 17 heavy (non-hydrogen) atoms. The number of nitrogens with one attached hydrogen (secondary N) is 1. The maximum Gasteiger partial charge on any atom is 0.257 e. The van der Waals surface area contributed by atoms with Crippen molar-refractivity contribution in [2.75, 3.05) is 18.5 Å². The summed E-state index contributed by atoms with van der Waals surface area (Å²) in [6.45, 7) is 3.42. The zero-order valence-corrected chi connectivity index (χ0v) is 9.61. The summed E-state index contributed by atoms with van der Waals surface area (Å²) in [5.74, 6) is 4.48. The van der Waals surface area contributed by atoms with Gasteiger partial charge in [-0.15, -0.1) is 0 Å². The van der Waals surface area contributed by atoms with Crippen LogP contribution in [0, 0.1) is 11.7 Å². The molecule has 0 bridgehead atoms. The molecule has 3 N–H and O–H groups in total. The van der Waals surface area contributed by atoms with E-state index in [0.717, 1.165) is 6.42 Å². The molecule has 5 nitrogen and oxygen atoms in total. The van der Waals surface area contributed by atoms with Crippen molar-refractivity contribution >= 4 is 11.7 Å². The van der Waals surface area contributed by atoms with Crippen LogP contribution in [0.4, 0.5) is 10.2 Å². The van der Waals surface area contributed by atoms with Gasteiger partial charge in [0.05, 0.1) is 5.56 Å². The number of carbonyl (C=O) groups excluding carboxylic acids is 1. The third-order valence-corrected chi connectivity index (χ3v) is 2.97. The van der Waals surface area contributed by atoms with Gasteiger partial charge in [0.2, 0.25) is 0 Å². The van der Waals surface area contributed by atoms with Gasteiger partial charge in [0, 0.05) is 19.3 Å². The average molecular weight is 238 g/mol. The van der Waals surface area contributed by atoms with E-state index < -0.39 is 5.82 Å². The number of nitrogens with two attached hydrogens (primary N) is 1. The number of anilines is 1. The Morgan fingerprint density at radius 2 is 2.47 bits per heavy atom. The largest absolute Gasteiger partial charge is 0.338 e. The first-order valence-electron chi connectivity index (χ1n) is 5.54. The number of pyridine rings is 1. The number of aromatic nitrogens is 1. The van der Waals surface area contributed by atoms with E-state index >= 15 is 0 Å². The van der Waals surface area contributed by atoms with E-state index in [1.807, 2.05) is 0 Å². The van der Waals surface area contributed by atoms with Crippen molar-refractivity contribution in [3.8, 4) is 0 Å². The van der Waals surface area contributed by atoms with Crippen molar-refractivity contribution in [2.24, 2.45) is 11.8 Å². The Hall–Kier alpha value is -1.69. The summed E-state index contributed by atoms with van der Waals surface area (Å²) in [7, 11) is 0. The number of rotatable bonds is 2. The summed E-state index contributed by atoms with van der Waals surface area (Å²) in [5, 5.41) is 0. The summed E-state index contributed by atoms with van der Waals surface area (Å²) < 4.78 is 13.8. The van der Waals surface area contributed by atoms with Gasteiger partial charge in [-0.05, 0) is 18.4 Å². The first-order valence-corrected chi connectivity index (χ1v) is 5.54. The number of hydrazine groups is 1. The lowest BCUT2D eigenvalue weighted by Crippen LogP contribution is -2.29. The zero-order chi connectivity index (χ0) is 12.4. The molecule has 0 aromatic carbocycles. The fourth-order valence-corrected chi connectivity index (χ4v) is 2.00. The molecule has 1 aliphatic heterocycles. The Morgan fingerprint density at radius 3 is 3.06 bits per heavy atom. The van der Waals surface area contributed by atoms with Crippen LogP contribution >= 0.6 is 0 Å². The maximum absolute atomic E-state index is 13.8. The van der Waals surface area contributed by atoms with Gasteiger partial charge in [0.25, 0.3) is 5.91 Å². The fourth-order valence-electron chi connectivity index (χ4n) is 2.00. The van der Waals surface area contributed by atoms with Crippen molar-refractivity contribution in [3.63, 3.8) is 0 Å². The molecule has 1 unspecified atom stereocenters. The minimum Gasteiger partial charge on any atom is -0.338 e. The number of hydrogen-bond acceptors (Lipinski definition) is 4. The second-order valence-electron chi connectivity index (χ2n) is 4.31. The van der Waals surface area contributed by atoms with Crippen LogP contribution in [0.25, 0.3) is 0 Å². The van der Waals surface area contributed by atoms with Gasteiger partial charge < -0.3 is 10.3 Å². The van der Waals surface area contributed by atoms with Crippen molar-refractivity contribution in [1.29, 1.82) is 0 Å². The normalized spacial score (nSPS) is 19.5. The number of amides is 1. The molecule has 6 heteroatoms. The molecule has 0 saturated carbocycles. The standard InChI is InChI=1S/C11H15FN4O/c1-7-3-5-16(6-7)11(17)8-2-4-14-10(15-13)9(8)12/h2,4,7H,3,5-6,13H2,1H3,(H,14,15). The zero-order valence-electron chi connectivity index (χ0n) is 9.61. The third-order valence-electron chi connectivity index (χ3n) is 2.97. The first kappa shape index (κ1) is 11.8. The van der Waals surface area contributed by atoms with Crippen LogP contribution in [0.15, 0.2) is 12.3 Å². The van der Waals surface area contributed by atoms with E-state index in [1.54, 1.807) is 4.90 Å². The van der Waals surface area contributed by atoms with Crippen LogP contribution in [0.2, 0.25) is 0 Å². The highest BCUT2D eigenvalue weighted by molar-refractivity contribution is 5.95. The first-order chi connectivity index (χ1) is 8.13. The van der Waals surface area contributed by atoms with Crippen molar-refractivity contribution in [2.45, 2.75) is 13.3 Å². The average Bonchev–Trinajstić information content (AvgIpc) is 2.75. The number of carbonyl (C=O) groups is 1. The summed E-state index contributed by atoms with van der Waals surface area (Å²) in [6.07, 6.45) is 2.32. The second-order valence-corrected chi connectivity index (χ2v) is 4.31. The highest BCUT2D eigenvalue weighted by Crippen LogP contribution is 2.21. The van der Waals surface area contributed by atoms with Gasteiger partial charge in [-0.3, -0.25) is 4.79 Å². The molecule has 1 saturated heterocycles. The van der Waals surface area contributed by atoms with E-state index in [2.05, 4.69) is 17.3 Å². The summed E-state index contributed by atoms with van der Waals surface area (Å²) in [5.41, 5.74) is 2.15. The minimum absolute atomic E-state index is 0.0158. The van der Waals surface area contributed by atoms with Crippen LogP contribution in [-0.2, 0) is 0 Å². The van der Waals surface area contributed by atoms with Gasteiger partial charge >= 0.3 is 0 Å². The second kappa shape index (κ2) is 4.67. The summed E-state index contributed by atoms with van der Waals surface area (Å²) >= 11 is 0. The highest BCUT2D eigenvalue weighted by atomic mass is 19.1. The molecule has 2 rings (SSSR count). The van der Waals surface area contributed by atoms with Crippen molar-refractivity contribution < 1.29 is 9.18 Å². The molecule has 1 aromatic rings. The number of halogens is 1. The lowest BCUT2D eigenvalue weighted by atomic mass is 10.2. The third kappa shape index (κ3) is 2.21. The van der Waals surface area contributed by atoms with Crippen molar-refractivity contribution in [1.82, 2.24) is 9.88 Å². The van der Waals surface area contributed by atoms with Crippen LogP contribution in [0.1, 0.15) is 23.7 Å². The lowest BCUT2D eigenvalue weighted by Gasteiger charge is -2.16. The van der Waals surface area contributed by atoms with E-state index in [1.165, 1.54) is 12.3 Å². The van der Waals surface area contributed by atoms with Crippen LogP contribution in [0.3, 0.4) is 0 Å². The molecule has 92 valence electrons. The van der Waals surface area contributed by atoms with Gasteiger partial charge in [-0.1, -0.05) is 6.92 Å². The van der Waals surface area contributed by atoms with E-state index in [0.29, 0.717) is 19.0 Å². The number of nitrogens with zero attached hydrogens (tertiary/aromatic N) is 2. The van der Waals surface area contributed by atoms with Crippen LogP contribution in [0.5, 0.6) is 0 Å². The van der Waals surface area contributed by atoms with Gasteiger partial charge in [0.15, 0.2) is 11.6 Å². The Morgan fingerprint density at radius 1 is 1.71 bits per heavy atom. The number of hydrogen-bond donors (Lipinski definition) is 2. The van der Waals surface area contributed by atoms with E-state index in [-0.39, 0.29) is 17.3 Å². The molecule has 0 radical (unpaired) electrons. The monoisotopic (exact) mass is 238 g/mol. The molecule has 0 aliphatic carbocycles. The topological polar surface area (TPSA) is 71.2 Å². The number of likely N-dealkylation sites (tertiary alicyclic amines) is 1. The highest BCUT2D eigenvalue weighted by Gasteiger charge is 2.26. The Balaban J connectivity index is 2.25. The molecule has 1 fully saturated rings. The van der Waals surface area contributed by atoms with E-state index in [4.69, 9.17) is 5.84 Å². The SMILES string of the molecule is CC1CCN(C(=O)c2ccnc(NN)c2F)C1. The van der Waals surface area contributed by atoms with E-state index in [9.17, 15) is 9.18 Å². The Bertz CT molecular complexity index is 437. The molecule has 1 amide bonds. The molecule has 2 heterocycles. The van der Waals surface area contributed by atoms with Crippen LogP contribution < -0.4 is 11.3 Å². The van der Waals surface area contributed by atoms with Gasteiger partial charge in [0.1, 0.15) is 0 Å². The lowest BCUT2D eigenvalue weighted by molar-refractivity contribution is 0.0783. The smallest absolute Gasteiger partial charge is 0.257 e. The minimum atomic E-state index is -0.695. The van der Waals surface area contributed by atoms with Gasteiger partial charge in [-0.25, -0.2) is 15.2 Å². The molecule has 1 aliphatic rings. The van der Waals surface area contributed by atoms with Gasteiger partial charge in [-0.2, -0.15) is 0 Å². The molecular formula is C11H15FN4O. The summed E-state index contributed by atoms with van der Waals surface area (Å²) in [6, 6.07) is 1.38. The Kier molecular flexibility index (Phi) is 3.23. The number of nitrogen functional groups attached to an aromatic ring is 1. The fraction of sp³-hybridized carbons (Fsp3) is 0.455. The van der Waals surface area contributed by atoms with Crippen LogP contribution in [-0.4, -0.2) is 28.9 Å². The maximum atomic E-state index is 13.8. The molecule has 1 atom stereocenters. The van der Waals surface area contributed by atoms with Crippen molar-refractivity contribution in [3.05, 3.63) is 23.6 Å². The quantitative estimate of drug-likeness (QED) is 0.595. The molecule has 0 spiro atoms. The predicted octanol–water partition coefficient (Wildman–Crippen LogP) is 0.988. The summed E-state index contributed by atoms with van der Waals surface area (Å²) in [4.78, 5) is 17.4. The predicted molar refractivity (Wildman–Crippen MR) is 61.7 cm³/mol. The Labute approximate surface area is 98.8 Å².